The van der Waals surface area contributed by atoms with Crippen molar-refractivity contribution in [1.82, 2.24) is 5.43 Å². The monoisotopic (exact) mass is 279 g/mol. The smallest absolute Gasteiger partial charge is 0.256 e. The summed E-state index contributed by atoms with van der Waals surface area (Å²) in [6.07, 6.45) is 0.723. The number of carbonyl (C=O) groups is 1. The molecular weight excluding hydrogens is 262 g/mol. The molecule has 1 aliphatic rings. The second kappa shape index (κ2) is 5.79. The normalized spacial score (nSPS) is 19.9. The van der Waals surface area contributed by atoms with Gasteiger partial charge in [0.15, 0.2) is 0 Å². The minimum Gasteiger partial charge on any atom is -0.277 e. The lowest BCUT2D eigenvalue weighted by molar-refractivity contribution is -0.119. The predicted molar refractivity (Wildman–Crippen MR) is 84.4 cm³/mol. The number of carbonyl (C=O) groups excluding carboxylic acids is 1. The number of nitrogens with zero attached hydrogens (tertiary/aromatic N) is 2. The van der Waals surface area contributed by atoms with Crippen LogP contribution in [0.4, 0.5) is 11.4 Å². The zero-order valence-electron chi connectivity index (χ0n) is 11.9. The van der Waals surface area contributed by atoms with Gasteiger partial charge in [-0.2, -0.15) is 0 Å². The van der Waals surface area contributed by atoms with E-state index in [1.54, 1.807) is 5.01 Å². The molecule has 1 fully saturated rings. The zero-order valence-corrected chi connectivity index (χ0v) is 11.9. The molecule has 2 aromatic rings. The highest BCUT2D eigenvalue weighted by Crippen LogP contribution is 2.24. The summed E-state index contributed by atoms with van der Waals surface area (Å²) in [7, 11) is 0. The number of anilines is 1. The van der Waals surface area contributed by atoms with Crippen molar-refractivity contribution in [2.45, 2.75) is 13.3 Å². The van der Waals surface area contributed by atoms with E-state index in [4.69, 9.17) is 0 Å². The van der Waals surface area contributed by atoms with Gasteiger partial charge in [0.1, 0.15) is 5.84 Å². The van der Waals surface area contributed by atoms with E-state index in [0.29, 0.717) is 5.84 Å². The lowest BCUT2D eigenvalue weighted by atomic mass is 10.1. The van der Waals surface area contributed by atoms with E-state index in [0.717, 1.165) is 17.8 Å². The van der Waals surface area contributed by atoms with Crippen molar-refractivity contribution < 1.29 is 4.79 Å². The Bertz CT molecular complexity index is 652. The molecule has 4 heteroatoms. The van der Waals surface area contributed by atoms with Crippen LogP contribution in [-0.2, 0) is 4.79 Å². The van der Waals surface area contributed by atoms with Crippen LogP contribution in [0.1, 0.15) is 13.3 Å². The van der Waals surface area contributed by atoms with Gasteiger partial charge in [0, 0.05) is 0 Å². The zero-order chi connectivity index (χ0) is 14.7. The van der Waals surface area contributed by atoms with Gasteiger partial charge in [-0.1, -0.05) is 43.3 Å². The van der Waals surface area contributed by atoms with E-state index >= 15 is 0 Å². The van der Waals surface area contributed by atoms with Crippen molar-refractivity contribution >= 4 is 23.1 Å². The number of benzene rings is 2. The van der Waals surface area contributed by atoms with E-state index in [9.17, 15) is 4.79 Å². The Labute approximate surface area is 124 Å². The number of para-hydroxylation sites is 2. The molecule has 3 rings (SSSR count). The van der Waals surface area contributed by atoms with Crippen LogP contribution in [0.5, 0.6) is 0 Å². The quantitative estimate of drug-likeness (QED) is 0.937. The molecular formula is C17H17N3O. The van der Waals surface area contributed by atoms with Gasteiger partial charge in [0.25, 0.3) is 5.91 Å². The highest BCUT2D eigenvalue weighted by molar-refractivity contribution is 6.16. The first kappa shape index (κ1) is 13.4. The lowest BCUT2D eigenvalue weighted by Gasteiger charge is -2.15. The van der Waals surface area contributed by atoms with E-state index in [1.807, 2.05) is 67.6 Å². The number of nitrogens with one attached hydrogen (secondary N) is 1. The molecule has 1 heterocycles. The highest BCUT2D eigenvalue weighted by atomic mass is 16.2. The van der Waals surface area contributed by atoms with E-state index < -0.39 is 0 Å². The van der Waals surface area contributed by atoms with E-state index in [-0.39, 0.29) is 11.8 Å². The molecule has 1 unspecified atom stereocenters. The van der Waals surface area contributed by atoms with Crippen molar-refractivity contribution in [3.63, 3.8) is 0 Å². The van der Waals surface area contributed by atoms with Crippen LogP contribution in [0.2, 0.25) is 0 Å². The lowest BCUT2D eigenvalue weighted by Crippen LogP contribution is -2.35. The molecule has 0 aliphatic carbocycles. The average Bonchev–Trinajstić information content (AvgIpc) is 2.85. The Morgan fingerprint density at radius 1 is 1.05 bits per heavy atom. The van der Waals surface area contributed by atoms with Crippen LogP contribution in [0.25, 0.3) is 0 Å². The first-order chi connectivity index (χ1) is 10.3. The SMILES string of the molecule is CCC1C(=O)N(c2ccccc2)NC1=Nc1ccccc1. The largest absolute Gasteiger partial charge is 0.277 e. The number of hydrogen-bond donors (Lipinski definition) is 1. The molecule has 0 saturated carbocycles. The third-order valence-electron chi connectivity index (χ3n) is 3.50. The summed E-state index contributed by atoms with van der Waals surface area (Å²) < 4.78 is 0. The fourth-order valence-corrected chi connectivity index (χ4v) is 2.40. The summed E-state index contributed by atoms with van der Waals surface area (Å²) in [5, 5.41) is 1.58. The minimum absolute atomic E-state index is 0.0402. The maximum absolute atomic E-state index is 12.5. The van der Waals surface area contributed by atoms with Crippen molar-refractivity contribution in [3.05, 3.63) is 60.7 Å². The summed E-state index contributed by atoms with van der Waals surface area (Å²) in [6.45, 7) is 2.00. The number of hydrogen-bond acceptors (Lipinski definition) is 2. The molecule has 4 nitrogen and oxygen atoms in total. The maximum atomic E-state index is 12.5. The summed E-state index contributed by atoms with van der Waals surface area (Å²) in [4.78, 5) is 17.1. The molecule has 0 bridgehead atoms. The Balaban J connectivity index is 1.93. The third kappa shape index (κ3) is 2.65. The molecule has 1 saturated heterocycles. The highest BCUT2D eigenvalue weighted by Gasteiger charge is 2.36. The molecule has 1 amide bonds. The van der Waals surface area contributed by atoms with Gasteiger partial charge in [-0.05, 0) is 30.7 Å². The van der Waals surface area contributed by atoms with Gasteiger partial charge in [-0.3, -0.25) is 10.2 Å². The van der Waals surface area contributed by atoms with Crippen LogP contribution in [0, 0.1) is 5.92 Å². The molecule has 1 N–H and O–H groups in total. The Morgan fingerprint density at radius 2 is 1.67 bits per heavy atom. The number of amidine groups is 1. The number of rotatable bonds is 3. The summed E-state index contributed by atoms with van der Waals surface area (Å²) in [5.41, 5.74) is 4.82. The Morgan fingerprint density at radius 3 is 2.29 bits per heavy atom. The van der Waals surface area contributed by atoms with Crippen molar-refractivity contribution in [2.24, 2.45) is 10.9 Å². The molecule has 0 spiro atoms. The Kier molecular flexibility index (Phi) is 3.69. The van der Waals surface area contributed by atoms with Crippen LogP contribution in [-0.4, -0.2) is 11.7 Å². The van der Waals surface area contributed by atoms with Crippen LogP contribution in [0.3, 0.4) is 0 Å². The van der Waals surface area contributed by atoms with Crippen molar-refractivity contribution in [1.29, 1.82) is 0 Å². The fraction of sp³-hybridized carbons (Fsp3) is 0.176. The first-order valence-electron chi connectivity index (χ1n) is 7.09. The molecule has 2 aromatic carbocycles. The molecule has 0 aromatic heterocycles. The van der Waals surface area contributed by atoms with Gasteiger partial charge in [-0.25, -0.2) is 10.0 Å². The van der Waals surface area contributed by atoms with Gasteiger partial charge >= 0.3 is 0 Å². The molecule has 21 heavy (non-hydrogen) atoms. The molecule has 1 aliphatic heterocycles. The number of aliphatic imine (C=N–C) groups is 1. The molecule has 106 valence electrons. The van der Waals surface area contributed by atoms with Crippen molar-refractivity contribution in [2.75, 3.05) is 5.01 Å². The van der Waals surface area contributed by atoms with Gasteiger partial charge in [-0.15, -0.1) is 0 Å². The topological polar surface area (TPSA) is 44.7 Å². The minimum atomic E-state index is -0.217. The van der Waals surface area contributed by atoms with E-state index in [1.165, 1.54) is 0 Å². The fourth-order valence-electron chi connectivity index (χ4n) is 2.40. The summed E-state index contributed by atoms with van der Waals surface area (Å²) >= 11 is 0. The average molecular weight is 279 g/mol. The summed E-state index contributed by atoms with van der Waals surface area (Å²) in [5.74, 6) is 0.529. The van der Waals surface area contributed by atoms with Crippen LogP contribution >= 0.6 is 0 Å². The number of hydrazine groups is 1. The van der Waals surface area contributed by atoms with Gasteiger partial charge < -0.3 is 0 Å². The standard InChI is InChI=1S/C17H17N3O/c1-2-15-16(18-13-9-5-3-6-10-13)19-20(17(15)21)14-11-7-4-8-12-14/h3-12,15H,2H2,1H3,(H,18,19). The number of amides is 1. The van der Waals surface area contributed by atoms with Crippen LogP contribution in [0.15, 0.2) is 65.7 Å². The van der Waals surface area contributed by atoms with Crippen molar-refractivity contribution in [3.8, 4) is 0 Å². The first-order valence-corrected chi connectivity index (χ1v) is 7.09. The second-order valence-electron chi connectivity index (χ2n) is 4.91. The van der Waals surface area contributed by atoms with E-state index in [2.05, 4.69) is 10.4 Å². The molecule has 1 atom stereocenters. The molecule has 0 radical (unpaired) electrons. The van der Waals surface area contributed by atoms with Gasteiger partial charge in [0.05, 0.1) is 17.3 Å². The van der Waals surface area contributed by atoms with Gasteiger partial charge in [0.2, 0.25) is 0 Å². The third-order valence-corrected chi connectivity index (χ3v) is 3.50. The predicted octanol–water partition coefficient (Wildman–Crippen LogP) is 3.29. The second-order valence-corrected chi connectivity index (χ2v) is 4.91. The maximum Gasteiger partial charge on any atom is 0.256 e. The Hall–Kier alpha value is -2.62. The summed E-state index contributed by atoms with van der Waals surface area (Å²) in [6, 6.07) is 19.2. The van der Waals surface area contributed by atoms with Crippen LogP contribution < -0.4 is 10.4 Å².